The van der Waals surface area contributed by atoms with Gasteiger partial charge in [-0.3, -0.25) is 0 Å². The van der Waals surface area contributed by atoms with Crippen LogP contribution in [0.1, 0.15) is 58.1 Å². The van der Waals surface area contributed by atoms with Crippen LogP contribution in [-0.4, -0.2) is 17.0 Å². The van der Waals surface area contributed by atoms with Crippen LogP contribution in [-0.2, 0) is 19.4 Å². The van der Waals surface area contributed by atoms with Crippen molar-refractivity contribution in [1.29, 1.82) is 0 Å². The standard InChI is InChI=1S/C36H20BF10Si.C17H15.2CH3.Zr/c1-3-18-22(25-29(40)33(44)36(47)34(45)30(25)41)23-20(26(18)37-48(2)17-12-8-5-9-13-17)15-14-19(21(23)16-10-6-4-7-11-16)24-27(38)31(42)35(46)32(43)28(24)39;1-2-13-11-15-9-6-10-16(17(15)12-13)14-7-4-3-5-8-14;;;/h4-15H,3H2,1-2H3;3-12H,2H2,1H3;2*1H3;. The van der Waals surface area contributed by atoms with Gasteiger partial charge in [-0.05, 0) is 0 Å². The molecular formula is C55H41BF10SiZr. The molecule has 2 aliphatic carbocycles. The maximum absolute atomic E-state index is 16.6. The van der Waals surface area contributed by atoms with Gasteiger partial charge in [-0.2, -0.15) is 0 Å². The second-order valence-corrected chi connectivity index (χ2v) is 46.3. The molecule has 2 atom stereocenters. The molecule has 0 nitrogen and oxygen atoms in total. The summed E-state index contributed by atoms with van der Waals surface area (Å²) in [5.41, 5.74) is 2.63. The van der Waals surface area contributed by atoms with E-state index in [1.165, 1.54) is 47.5 Å². The third kappa shape index (κ3) is 7.24. The molecule has 2 aliphatic rings. The van der Waals surface area contributed by atoms with Crippen LogP contribution in [0.3, 0.4) is 0 Å². The van der Waals surface area contributed by atoms with Gasteiger partial charge in [-0.15, -0.1) is 0 Å². The van der Waals surface area contributed by atoms with Gasteiger partial charge in [0.1, 0.15) is 0 Å². The van der Waals surface area contributed by atoms with Crippen LogP contribution in [0.25, 0.3) is 45.0 Å². The van der Waals surface area contributed by atoms with Crippen molar-refractivity contribution in [3.05, 3.63) is 218 Å². The van der Waals surface area contributed by atoms with Gasteiger partial charge in [0.05, 0.1) is 0 Å². The Balaban J connectivity index is 1.42. The zero-order valence-electron chi connectivity index (χ0n) is 37.5. The average molecular weight is 1020 g/mol. The first-order valence-corrected chi connectivity index (χ1v) is 34.8. The van der Waals surface area contributed by atoms with E-state index < -0.39 is 105 Å². The fourth-order valence-electron chi connectivity index (χ4n) is 10.6. The summed E-state index contributed by atoms with van der Waals surface area (Å²) in [5.74, 6) is -22.3. The molecule has 68 heavy (non-hydrogen) atoms. The summed E-state index contributed by atoms with van der Waals surface area (Å²) < 4.78 is 161. The van der Waals surface area contributed by atoms with E-state index in [0.717, 1.165) is 28.3 Å². The van der Waals surface area contributed by atoms with Crippen LogP contribution in [0.5, 0.6) is 0 Å². The van der Waals surface area contributed by atoms with Crippen LogP contribution in [0.2, 0.25) is 15.8 Å². The minimum atomic E-state index is -3.96. The molecule has 7 aromatic rings. The second-order valence-electron chi connectivity index (χ2n) is 17.9. The van der Waals surface area contributed by atoms with Gasteiger partial charge in [0.2, 0.25) is 0 Å². The number of hydrogen-bond donors (Lipinski definition) is 0. The van der Waals surface area contributed by atoms with Crippen LogP contribution < -0.4 is 5.19 Å². The number of benzene rings is 7. The molecule has 0 aromatic heterocycles. The van der Waals surface area contributed by atoms with Crippen LogP contribution in [0.4, 0.5) is 43.9 Å². The van der Waals surface area contributed by atoms with Crippen molar-refractivity contribution in [2.24, 2.45) is 0 Å². The predicted molar refractivity (Wildman–Crippen MR) is 252 cm³/mol. The molecule has 0 saturated carbocycles. The van der Waals surface area contributed by atoms with E-state index in [9.17, 15) is 8.78 Å². The fourth-order valence-corrected chi connectivity index (χ4v) is 36.8. The van der Waals surface area contributed by atoms with Crippen molar-refractivity contribution in [2.45, 2.75) is 46.1 Å². The molecule has 342 valence electrons. The summed E-state index contributed by atoms with van der Waals surface area (Å²) in [6.45, 7) is 8.21. The zero-order chi connectivity index (χ0) is 48.6. The summed E-state index contributed by atoms with van der Waals surface area (Å²) in [4.78, 5) is 0. The summed E-state index contributed by atoms with van der Waals surface area (Å²) in [6, 6.07) is 36.5. The molecule has 0 heterocycles. The predicted octanol–water partition coefficient (Wildman–Crippen LogP) is 15.3. The molecule has 0 saturated heterocycles. The van der Waals surface area contributed by atoms with Gasteiger partial charge >= 0.3 is 395 Å². The van der Waals surface area contributed by atoms with E-state index in [0.29, 0.717) is 5.46 Å². The van der Waals surface area contributed by atoms with Gasteiger partial charge in [0.15, 0.2) is 0 Å². The van der Waals surface area contributed by atoms with Gasteiger partial charge in [-0.25, -0.2) is 0 Å². The summed E-state index contributed by atoms with van der Waals surface area (Å²) in [5, 5.41) is -2.08. The first-order chi connectivity index (χ1) is 32.5. The van der Waals surface area contributed by atoms with E-state index in [1.807, 2.05) is 36.4 Å². The van der Waals surface area contributed by atoms with E-state index in [4.69, 9.17) is 0 Å². The average Bonchev–Trinajstić information content (AvgIpc) is 3.90. The summed E-state index contributed by atoms with van der Waals surface area (Å²) in [7, 11) is 0. The Morgan fingerprint density at radius 3 is 1.49 bits per heavy atom. The number of allylic oxidation sites excluding steroid dienone is 2. The molecule has 9 rings (SSSR count). The third-order valence-electron chi connectivity index (χ3n) is 14.2. The number of rotatable bonds is 10. The van der Waals surface area contributed by atoms with Crippen molar-refractivity contribution < 1.29 is 63.3 Å². The van der Waals surface area contributed by atoms with Crippen molar-refractivity contribution in [1.82, 2.24) is 0 Å². The monoisotopic (exact) mass is 1020 g/mol. The van der Waals surface area contributed by atoms with Gasteiger partial charge in [-0.1, -0.05) is 0 Å². The first kappa shape index (κ1) is 47.4. The second kappa shape index (κ2) is 18.0. The molecule has 0 spiro atoms. The number of hydrogen-bond acceptors (Lipinski definition) is 0. The van der Waals surface area contributed by atoms with Gasteiger partial charge < -0.3 is 0 Å². The molecule has 0 aliphatic heterocycles. The molecule has 0 fully saturated rings. The van der Waals surface area contributed by atoms with Crippen molar-refractivity contribution in [3.8, 4) is 33.4 Å². The Kier molecular flexibility index (Phi) is 12.6. The van der Waals surface area contributed by atoms with Crippen molar-refractivity contribution in [3.63, 3.8) is 0 Å². The van der Waals surface area contributed by atoms with E-state index in [2.05, 4.69) is 77.8 Å². The number of fused-ring (bicyclic) bond motifs is 2. The summed E-state index contributed by atoms with van der Waals surface area (Å²) in [6.07, 6.45) is 3.01. The molecule has 7 aromatic carbocycles. The Labute approximate surface area is 392 Å². The Hall–Kier alpha value is -5.65. The van der Waals surface area contributed by atoms with Crippen LogP contribution in [0, 0.1) is 58.2 Å². The third-order valence-corrected chi connectivity index (χ3v) is 49.2. The topological polar surface area (TPSA) is 0 Å². The Morgan fingerprint density at radius 2 is 0.956 bits per heavy atom. The summed E-state index contributed by atoms with van der Waals surface area (Å²) >= 11 is -3.96. The molecule has 13 heteroatoms. The molecular weight excluding hydrogens is 981 g/mol. The van der Waals surface area contributed by atoms with Crippen molar-refractivity contribution in [2.75, 3.05) is 0 Å². The van der Waals surface area contributed by atoms with Crippen LogP contribution in [0.15, 0.2) is 132 Å². The molecule has 0 radical (unpaired) electrons. The quantitative estimate of drug-likeness (QED) is 0.0554. The van der Waals surface area contributed by atoms with Gasteiger partial charge in [0, 0.05) is 0 Å². The Bertz CT molecular complexity index is 3240. The van der Waals surface area contributed by atoms with E-state index in [-0.39, 0.29) is 37.9 Å². The fraction of sp³-hybridized carbons (Fsp3) is 0.145. The molecule has 2 unspecified atom stereocenters. The molecule has 0 N–H and O–H groups in total. The van der Waals surface area contributed by atoms with E-state index >= 15 is 35.1 Å². The van der Waals surface area contributed by atoms with Crippen LogP contribution >= 0.6 is 0 Å². The molecule has 0 bridgehead atoms. The number of halogens is 10. The molecule has 0 amide bonds. The Morgan fingerprint density at radius 1 is 0.471 bits per heavy atom. The SMILES string of the molecule is CCC1=Cc2c(-c3ccccc3)cccc2[CH]1[Zr]([CH3])([CH3])[Si](C)(/B=C1/C(CC)=C(c2c(F)c(F)c(F)c(F)c2F)c2c1ccc(-c1c(F)c(F)c(F)c(F)c1F)c2-c1ccccc1)c1ccccc1. The minimum absolute atomic E-state index is 0.0303. The van der Waals surface area contributed by atoms with E-state index in [1.54, 1.807) is 13.0 Å². The van der Waals surface area contributed by atoms with Gasteiger partial charge in [0.25, 0.3) is 0 Å². The maximum atomic E-state index is 16.6. The zero-order valence-corrected chi connectivity index (χ0v) is 40.9. The van der Waals surface area contributed by atoms with Crippen molar-refractivity contribution >= 4 is 33.9 Å². The first-order valence-electron chi connectivity index (χ1n) is 22.2. The normalized spacial score (nSPS) is 15.9.